The third kappa shape index (κ3) is 14.5. The number of anilines is 2. The van der Waals surface area contributed by atoms with Crippen molar-refractivity contribution < 1.29 is 43.7 Å². The van der Waals surface area contributed by atoms with Gasteiger partial charge in [0.1, 0.15) is 19.8 Å². The van der Waals surface area contributed by atoms with Crippen LogP contribution in [0.3, 0.4) is 0 Å². The number of ether oxygens (including phenoxy) is 2. The van der Waals surface area contributed by atoms with Gasteiger partial charge in [0.2, 0.25) is 11.8 Å². The van der Waals surface area contributed by atoms with Crippen LogP contribution in [0.1, 0.15) is 64.9 Å². The number of halogens is 4. The number of amides is 3. The maximum Gasteiger partial charge on any atom is 0.322 e. The molecule has 0 radical (unpaired) electrons. The van der Waals surface area contributed by atoms with Gasteiger partial charge in [-0.15, -0.1) is 0 Å². The molecular weight excluding hydrogens is 824 g/mol. The van der Waals surface area contributed by atoms with E-state index in [0.29, 0.717) is 52.0 Å². The molecule has 0 heterocycles. The minimum Gasteiger partial charge on any atom is -0.486 e. The van der Waals surface area contributed by atoms with Crippen LogP contribution in [-0.2, 0) is 38.8 Å². The average Bonchev–Trinajstić information content (AvgIpc) is 3.15. The Labute approximate surface area is 346 Å². The van der Waals surface area contributed by atoms with Gasteiger partial charge in [-0.25, -0.2) is 0 Å². The second kappa shape index (κ2) is 21.9. The molecule has 4 rings (SSSR count). The largest absolute Gasteiger partial charge is 0.486 e. The molecule has 4 aromatic carbocycles. The quantitative estimate of drug-likeness (QED) is 0.0769. The monoisotopic (exact) mass is 855 g/mol. The van der Waals surface area contributed by atoms with E-state index in [1.165, 1.54) is 24.3 Å². The average molecular weight is 858 g/mol. The summed E-state index contributed by atoms with van der Waals surface area (Å²) in [5.41, 5.74) is 3.44. The number of hydrogen-bond acceptors (Lipinski definition) is 9. The van der Waals surface area contributed by atoms with Crippen LogP contribution in [0.5, 0.6) is 11.5 Å². The molecule has 0 bridgehead atoms. The van der Waals surface area contributed by atoms with Gasteiger partial charge in [0.25, 0.3) is 5.91 Å². The molecule has 0 spiro atoms. The standard InChI is InChI=1S/C20H17Cl2N3O5.C19H16Cl2N2O4/c1-2-17(26)25-14-4-11(8-23)3-12(5-14)10-30-19-15(21)6-13(7-16(19)22)20(29)24-9-18(27)28;1-2-17(24)23-14-4-12(9-22)3-13(5-14)10-27-19-15(20)6-11(7-16(19)21)8-18(25)26/h3-7H,2,9-10H2,1H3,(H,24,29)(H,25,26)(H,27,28);3-7H,2,8,10H2,1H3,(H,23,24)(H,25,26). The Morgan fingerprint density at radius 3 is 1.40 bits per heavy atom. The van der Waals surface area contributed by atoms with E-state index in [0.717, 1.165) is 0 Å². The number of carboxylic acid groups (broad SMARTS) is 2. The summed E-state index contributed by atoms with van der Waals surface area (Å²) in [7, 11) is 0. The fourth-order valence-corrected chi connectivity index (χ4v) is 5.99. The Morgan fingerprint density at radius 2 is 1.04 bits per heavy atom. The van der Waals surface area contributed by atoms with E-state index in [2.05, 4.69) is 16.0 Å². The molecule has 0 saturated carbocycles. The molecule has 0 aliphatic rings. The molecule has 0 unspecified atom stereocenters. The topological polar surface area (TPSA) is 228 Å². The van der Waals surface area contributed by atoms with Crippen molar-refractivity contribution in [3.8, 4) is 23.6 Å². The van der Waals surface area contributed by atoms with E-state index in [9.17, 15) is 29.2 Å². The van der Waals surface area contributed by atoms with Crippen molar-refractivity contribution in [2.75, 3.05) is 17.2 Å². The first-order valence-corrected chi connectivity index (χ1v) is 18.2. The molecule has 0 aliphatic carbocycles. The Bertz CT molecular complexity index is 2230. The van der Waals surface area contributed by atoms with Crippen molar-refractivity contribution in [1.82, 2.24) is 5.32 Å². The van der Waals surface area contributed by atoms with Crippen molar-refractivity contribution >= 4 is 87.4 Å². The summed E-state index contributed by atoms with van der Waals surface area (Å²) in [4.78, 5) is 56.5. The highest BCUT2D eigenvalue weighted by atomic mass is 35.5. The molecule has 0 aromatic heterocycles. The van der Waals surface area contributed by atoms with Gasteiger partial charge >= 0.3 is 11.9 Å². The summed E-state index contributed by atoms with van der Waals surface area (Å²) < 4.78 is 11.3. The van der Waals surface area contributed by atoms with Crippen molar-refractivity contribution in [3.05, 3.63) is 114 Å². The molecule has 0 fully saturated rings. The van der Waals surface area contributed by atoms with Crippen molar-refractivity contribution in [3.63, 3.8) is 0 Å². The number of carbonyl (C=O) groups is 5. The van der Waals surface area contributed by atoms with Gasteiger partial charge in [-0.1, -0.05) is 60.3 Å². The zero-order valence-electron chi connectivity index (χ0n) is 30.2. The predicted octanol–water partition coefficient (Wildman–Crippen LogP) is 8.03. The number of rotatable bonds is 15. The number of nitriles is 2. The molecule has 5 N–H and O–H groups in total. The Morgan fingerprint density at radius 1 is 0.614 bits per heavy atom. The molecule has 57 heavy (non-hydrogen) atoms. The second-order valence-corrected chi connectivity index (χ2v) is 13.4. The summed E-state index contributed by atoms with van der Waals surface area (Å²) in [6.45, 7) is 2.95. The summed E-state index contributed by atoms with van der Waals surface area (Å²) in [5, 5.41) is 43.9. The van der Waals surface area contributed by atoms with Crippen molar-refractivity contribution in [2.24, 2.45) is 0 Å². The fourth-order valence-electron chi connectivity index (χ4n) is 4.75. The smallest absolute Gasteiger partial charge is 0.322 e. The highest BCUT2D eigenvalue weighted by molar-refractivity contribution is 6.38. The summed E-state index contributed by atoms with van der Waals surface area (Å²) in [6, 6.07) is 19.3. The van der Waals surface area contributed by atoms with E-state index in [1.807, 2.05) is 12.1 Å². The SMILES string of the molecule is CCC(=O)Nc1cc(C#N)cc(COc2c(Cl)cc(C(=O)NCC(=O)O)cc2Cl)c1.CCC(=O)Nc1cc(C#N)cc(COc2c(Cl)cc(CC(=O)O)cc2Cl)c1. The molecule has 296 valence electrons. The maximum absolute atomic E-state index is 12.0. The lowest BCUT2D eigenvalue weighted by molar-refractivity contribution is -0.137. The molecule has 0 atom stereocenters. The van der Waals surface area contributed by atoms with Gasteiger partial charge in [0, 0.05) is 29.8 Å². The lowest BCUT2D eigenvalue weighted by atomic mass is 10.1. The van der Waals surface area contributed by atoms with Gasteiger partial charge in [-0.3, -0.25) is 24.0 Å². The first kappa shape index (κ1) is 45.4. The molecule has 0 saturated heterocycles. The summed E-state index contributed by atoms with van der Waals surface area (Å²) in [5.74, 6) is -2.85. The number of benzene rings is 4. The zero-order valence-corrected chi connectivity index (χ0v) is 33.2. The van der Waals surface area contributed by atoms with Crippen LogP contribution in [-0.4, -0.2) is 46.4 Å². The maximum atomic E-state index is 12.0. The van der Waals surface area contributed by atoms with Gasteiger partial charge in [0.15, 0.2) is 11.5 Å². The lowest BCUT2D eigenvalue weighted by Crippen LogP contribution is -2.29. The Balaban J connectivity index is 0.000000307. The number of hydrogen-bond donors (Lipinski definition) is 5. The summed E-state index contributed by atoms with van der Waals surface area (Å²) in [6.07, 6.45) is 0.404. The molecule has 3 amide bonds. The highest BCUT2D eigenvalue weighted by Gasteiger charge is 2.16. The molecule has 18 heteroatoms. The van der Waals surface area contributed by atoms with E-state index >= 15 is 0 Å². The van der Waals surface area contributed by atoms with Gasteiger partial charge in [-0.2, -0.15) is 10.5 Å². The second-order valence-electron chi connectivity index (χ2n) is 11.7. The Hall–Kier alpha value is -6.03. The molecule has 4 aromatic rings. The van der Waals surface area contributed by atoms with Crippen LogP contribution in [0.25, 0.3) is 0 Å². The third-order valence-electron chi connectivity index (χ3n) is 7.29. The van der Waals surface area contributed by atoms with E-state index in [1.54, 1.807) is 50.2 Å². The highest BCUT2D eigenvalue weighted by Crippen LogP contribution is 2.36. The summed E-state index contributed by atoms with van der Waals surface area (Å²) >= 11 is 24.6. The number of nitrogens with one attached hydrogen (secondary N) is 3. The van der Waals surface area contributed by atoms with Crippen molar-refractivity contribution in [1.29, 1.82) is 10.5 Å². The van der Waals surface area contributed by atoms with Crippen LogP contribution < -0.4 is 25.4 Å². The third-order valence-corrected chi connectivity index (χ3v) is 8.42. The van der Waals surface area contributed by atoms with Crippen LogP contribution in [0.2, 0.25) is 20.1 Å². The normalized spacial score (nSPS) is 10.1. The first-order valence-electron chi connectivity index (χ1n) is 16.7. The number of nitrogens with zero attached hydrogens (tertiary/aromatic N) is 2. The molecule has 0 aliphatic heterocycles. The van der Waals surface area contributed by atoms with E-state index in [4.69, 9.17) is 71.4 Å². The first-order chi connectivity index (χ1) is 27.0. The Kier molecular flexibility index (Phi) is 17.4. The van der Waals surface area contributed by atoms with Gasteiger partial charge in [0.05, 0.1) is 49.8 Å². The van der Waals surface area contributed by atoms with Crippen LogP contribution in [0.15, 0.2) is 60.7 Å². The molecule has 14 nitrogen and oxygen atoms in total. The minimum absolute atomic E-state index is 0.00544. The predicted molar refractivity (Wildman–Crippen MR) is 213 cm³/mol. The molecular formula is C39H33Cl4N5O9. The number of carbonyl (C=O) groups excluding carboxylic acids is 3. The van der Waals surface area contributed by atoms with Crippen LogP contribution >= 0.6 is 46.4 Å². The fraction of sp³-hybridized carbons (Fsp3) is 0.205. The number of aliphatic carboxylic acids is 2. The lowest BCUT2D eigenvalue weighted by Gasteiger charge is -2.13. The number of carboxylic acids is 2. The van der Waals surface area contributed by atoms with Crippen molar-refractivity contribution in [2.45, 2.75) is 46.3 Å². The van der Waals surface area contributed by atoms with E-state index < -0.39 is 24.4 Å². The van der Waals surface area contributed by atoms with Crippen LogP contribution in [0, 0.1) is 22.7 Å². The van der Waals surface area contributed by atoms with Crippen LogP contribution in [0.4, 0.5) is 11.4 Å². The van der Waals surface area contributed by atoms with Gasteiger partial charge < -0.3 is 35.6 Å². The van der Waals surface area contributed by atoms with Gasteiger partial charge in [-0.05, 0) is 77.4 Å². The minimum atomic E-state index is -1.19. The van der Waals surface area contributed by atoms with E-state index in [-0.39, 0.29) is 68.6 Å². The zero-order chi connectivity index (χ0) is 42.2.